The topological polar surface area (TPSA) is 79.0 Å². The summed E-state index contributed by atoms with van der Waals surface area (Å²) in [4.78, 5) is 42.2. The number of fused-ring (bicyclic) bond motifs is 1. The number of hydrazine groups is 1. The second-order valence-electron chi connectivity index (χ2n) is 8.56. The van der Waals surface area contributed by atoms with Crippen LogP contribution in [0.15, 0.2) is 77.3 Å². The molecule has 0 spiro atoms. The molecule has 2 aliphatic rings. The van der Waals surface area contributed by atoms with Crippen LogP contribution in [0, 0.1) is 12.8 Å². The first-order chi connectivity index (χ1) is 16.9. The molecule has 0 unspecified atom stereocenters. The number of halogens is 1. The Morgan fingerprint density at radius 2 is 1.74 bits per heavy atom. The van der Waals surface area contributed by atoms with E-state index in [1.807, 2.05) is 44.2 Å². The molecule has 0 bridgehead atoms. The maximum absolute atomic E-state index is 13.8. The van der Waals surface area contributed by atoms with Crippen LogP contribution in [0.4, 0.5) is 5.69 Å². The third kappa shape index (κ3) is 4.02. The van der Waals surface area contributed by atoms with Crippen LogP contribution in [0.5, 0.6) is 5.75 Å². The lowest BCUT2D eigenvalue weighted by molar-refractivity contribution is -0.123. The number of ether oxygens (including phenoxy) is 1. The van der Waals surface area contributed by atoms with Crippen LogP contribution in [0.25, 0.3) is 0 Å². The highest BCUT2D eigenvalue weighted by atomic mass is 79.9. The predicted molar refractivity (Wildman–Crippen MR) is 135 cm³/mol. The molecule has 178 valence electrons. The molecule has 1 N–H and O–H groups in total. The monoisotopic (exact) mass is 533 g/mol. The molecule has 3 amide bonds. The van der Waals surface area contributed by atoms with Crippen LogP contribution in [-0.4, -0.2) is 35.4 Å². The quantitative estimate of drug-likeness (QED) is 0.491. The summed E-state index contributed by atoms with van der Waals surface area (Å²) in [6, 6.07) is 20.0. The lowest BCUT2D eigenvalue weighted by Crippen LogP contribution is -2.48. The molecule has 2 heterocycles. The molecule has 2 aliphatic heterocycles. The molecule has 3 atom stereocenters. The van der Waals surface area contributed by atoms with Gasteiger partial charge in [0, 0.05) is 10.0 Å². The van der Waals surface area contributed by atoms with Crippen molar-refractivity contribution in [3.05, 3.63) is 94.0 Å². The van der Waals surface area contributed by atoms with E-state index in [2.05, 4.69) is 21.4 Å². The molecule has 7 nitrogen and oxygen atoms in total. The molecular formula is C27H24BrN3O4. The summed E-state index contributed by atoms with van der Waals surface area (Å²) in [7, 11) is 0. The highest BCUT2D eigenvalue weighted by Gasteiger charge is 2.60. The summed E-state index contributed by atoms with van der Waals surface area (Å²) in [6.45, 7) is 4.36. The molecule has 0 radical (unpaired) electrons. The van der Waals surface area contributed by atoms with Crippen molar-refractivity contribution in [3.8, 4) is 5.75 Å². The van der Waals surface area contributed by atoms with Gasteiger partial charge in [0.2, 0.25) is 5.91 Å². The predicted octanol–water partition coefficient (Wildman–Crippen LogP) is 4.42. The van der Waals surface area contributed by atoms with E-state index >= 15 is 0 Å². The van der Waals surface area contributed by atoms with Crippen molar-refractivity contribution in [1.29, 1.82) is 0 Å². The summed E-state index contributed by atoms with van der Waals surface area (Å²) in [5, 5.41) is 1.33. The standard InChI is InChI=1S/C27H24BrN3O4/c1-3-35-20-13-11-19(12-14-20)30-26(33)22-23(21-10-5-4-7-16(21)2)29-31(24(22)27(30)34)25(32)17-8-6-9-18(28)15-17/h4-15,22-24,29H,3H2,1-2H3/t22-,23-,24-/m1/s1. The summed E-state index contributed by atoms with van der Waals surface area (Å²) in [5.41, 5.74) is 5.92. The van der Waals surface area contributed by atoms with Gasteiger partial charge in [-0.1, -0.05) is 46.3 Å². The van der Waals surface area contributed by atoms with Gasteiger partial charge in [0.25, 0.3) is 11.8 Å². The van der Waals surface area contributed by atoms with E-state index in [1.165, 1.54) is 9.91 Å². The molecule has 3 aromatic carbocycles. The largest absolute Gasteiger partial charge is 0.494 e. The van der Waals surface area contributed by atoms with Crippen molar-refractivity contribution in [3.63, 3.8) is 0 Å². The molecule has 0 aromatic heterocycles. The highest BCUT2D eigenvalue weighted by molar-refractivity contribution is 9.10. The molecule has 5 rings (SSSR count). The van der Waals surface area contributed by atoms with Crippen molar-refractivity contribution in [1.82, 2.24) is 10.4 Å². The van der Waals surface area contributed by atoms with Gasteiger partial charge in [0.1, 0.15) is 11.8 Å². The number of carbonyl (C=O) groups excluding carboxylic acids is 3. The van der Waals surface area contributed by atoms with Crippen LogP contribution < -0.4 is 15.1 Å². The minimum Gasteiger partial charge on any atom is -0.494 e. The Balaban J connectivity index is 1.56. The number of aryl methyl sites for hydroxylation is 1. The first-order valence-electron chi connectivity index (χ1n) is 11.4. The minimum atomic E-state index is -0.967. The van der Waals surface area contributed by atoms with Crippen LogP contribution in [0.3, 0.4) is 0 Å². The number of anilines is 1. The van der Waals surface area contributed by atoms with E-state index in [0.717, 1.165) is 15.6 Å². The Morgan fingerprint density at radius 3 is 2.43 bits per heavy atom. The van der Waals surface area contributed by atoms with Crippen LogP contribution in [0.1, 0.15) is 34.5 Å². The molecule has 2 saturated heterocycles. The zero-order valence-electron chi connectivity index (χ0n) is 19.3. The van der Waals surface area contributed by atoms with Gasteiger partial charge in [0.05, 0.1) is 24.3 Å². The molecular weight excluding hydrogens is 510 g/mol. The minimum absolute atomic E-state index is 0.338. The number of benzene rings is 3. The highest BCUT2D eigenvalue weighted by Crippen LogP contribution is 2.43. The zero-order valence-corrected chi connectivity index (χ0v) is 20.9. The average Bonchev–Trinajstić information content (AvgIpc) is 3.36. The Hall–Kier alpha value is -3.49. The summed E-state index contributed by atoms with van der Waals surface area (Å²) in [5.74, 6) is -1.25. The van der Waals surface area contributed by atoms with E-state index in [4.69, 9.17) is 4.74 Å². The van der Waals surface area contributed by atoms with Crippen LogP contribution in [0.2, 0.25) is 0 Å². The molecule has 0 aliphatic carbocycles. The maximum Gasteiger partial charge on any atom is 0.268 e. The Labute approximate surface area is 211 Å². The fourth-order valence-electron chi connectivity index (χ4n) is 4.84. The van der Waals surface area contributed by atoms with Crippen LogP contribution in [-0.2, 0) is 9.59 Å². The molecule has 35 heavy (non-hydrogen) atoms. The third-order valence-corrected chi connectivity index (χ3v) is 6.95. The van der Waals surface area contributed by atoms with E-state index in [1.54, 1.807) is 42.5 Å². The van der Waals surface area contributed by atoms with Gasteiger partial charge in [0.15, 0.2) is 0 Å². The lowest BCUT2D eigenvalue weighted by Gasteiger charge is -2.25. The molecule has 8 heteroatoms. The summed E-state index contributed by atoms with van der Waals surface area (Å²) < 4.78 is 6.24. The van der Waals surface area contributed by atoms with Gasteiger partial charge in [-0.25, -0.2) is 10.3 Å². The Kier molecular flexibility index (Phi) is 6.17. The van der Waals surface area contributed by atoms with Crippen molar-refractivity contribution in [2.24, 2.45) is 5.92 Å². The van der Waals surface area contributed by atoms with E-state index in [9.17, 15) is 14.4 Å². The fourth-order valence-corrected chi connectivity index (χ4v) is 5.24. The number of imide groups is 1. The normalized spacial score (nSPS) is 21.4. The number of nitrogens with one attached hydrogen (secondary N) is 1. The van der Waals surface area contributed by atoms with Gasteiger partial charge in [-0.3, -0.25) is 19.4 Å². The van der Waals surface area contributed by atoms with Crippen molar-refractivity contribution < 1.29 is 19.1 Å². The average molecular weight is 534 g/mol. The fraction of sp³-hybridized carbons (Fsp3) is 0.222. The third-order valence-electron chi connectivity index (χ3n) is 6.45. The smallest absolute Gasteiger partial charge is 0.268 e. The van der Waals surface area contributed by atoms with Gasteiger partial charge in [-0.05, 0) is 67.4 Å². The van der Waals surface area contributed by atoms with Crippen molar-refractivity contribution in [2.45, 2.75) is 25.9 Å². The molecule has 3 aromatic rings. The van der Waals surface area contributed by atoms with E-state index < -0.39 is 23.9 Å². The van der Waals surface area contributed by atoms with Crippen LogP contribution >= 0.6 is 15.9 Å². The number of nitrogens with zero attached hydrogens (tertiary/aromatic N) is 2. The van der Waals surface area contributed by atoms with E-state index in [0.29, 0.717) is 23.6 Å². The van der Waals surface area contributed by atoms with Crippen molar-refractivity contribution in [2.75, 3.05) is 11.5 Å². The first kappa shape index (κ1) is 23.3. The summed E-state index contributed by atoms with van der Waals surface area (Å²) >= 11 is 3.40. The van der Waals surface area contributed by atoms with Gasteiger partial charge in [-0.2, -0.15) is 0 Å². The number of hydrogen-bond donors (Lipinski definition) is 1. The second-order valence-corrected chi connectivity index (χ2v) is 9.47. The number of carbonyl (C=O) groups is 3. The zero-order chi connectivity index (χ0) is 24.7. The van der Waals surface area contributed by atoms with Gasteiger partial charge < -0.3 is 4.74 Å². The summed E-state index contributed by atoms with van der Waals surface area (Å²) in [6.07, 6.45) is 0. The lowest BCUT2D eigenvalue weighted by atomic mass is 9.88. The number of amides is 3. The molecule has 2 fully saturated rings. The SMILES string of the molecule is CCOc1ccc(N2C(=O)[C@@H]3[C@@H](c4ccccc4C)NN(C(=O)c4cccc(Br)c4)[C@H]3C2=O)cc1. The number of hydrogen-bond acceptors (Lipinski definition) is 5. The number of rotatable bonds is 5. The van der Waals surface area contributed by atoms with Gasteiger partial charge in [-0.15, -0.1) is 0 Å². The van der Waals surface area contributed by atoms with Crippen molar-refractivity contribution >= 4 is 39.3 Å². The maximum atomic E-state index is 13.8. The second kappa shape index (κ2) is 9.28. The Morgan fingerprint density at radius 1 is 1.00 bits per heavy atom. The first-order valence-corrected chi connectivity index (χ1v) is 12.2. The Bertz CT molecular complexity index is 1310. The van der Waals surface area contributed by atoms with E-state index in [-0.39, 0.29) is 11.8 Å². The van der Waals surface area contributed by atoms with Gasteiger partial charge >= 0.3 is 0 Å². The molecule has 0 saturated carbocycles.